The third-order valence-corrected chi connectivity index (χ3v) is 2.10. The monoisotopic (exact) mass is 185 g/mol. The average molecular weight is 185 g/mol. The first-order chi connectivity index (χ1) is 6.95. The number of aromatic nitrogens is 3. The molecule has 0 aliphatic rings. The average Bonchev–Trinajstić information content (AvgIpc) is 2.85. The van der Waals surface area contributed by atoms with E-state index in [-0.39, 0.29) is 0 Å². The van der Waals surface area contributed by atoms with Crippen LogP contribution in [0.25, 0.3) is 22.5 Å². The highest BCUT2D eigenvalue weighted by atomic mass is 16.5. The second-order valence-electron chi connectivity index (χ2n) is 2.97. The van der Waals surface area contributed by atoms with Gasteiger partial charge in [0, 0.05) is 12.4 Å². The summed E-state index contributed by atoms with van der Waals surface area (Å²) in [5.41, 5.74) is 0.846. The van der Waals surface area contributed by atoms with Crippen LogP contribution in [0, 0.1) is 0 Å². The highest BCUT2D eigenvalue weighted by Crippen LogP contribution is 2.25. The van der Waals surface area contributed by atoms with Crippen LogP contribution in [0.3, 0.4) is 0 Å². The maximum Gasteiger partial charge on any atom is 0.209 e. The normalized spacial score (nSPS) is 10.9. The van der Waals surface area contributed by atoms with Crippen molar-refractivity contribution >= 4 is 10.9 Å². The Morgan fingerprint density at radius 2 is 2.14 bits per heavy atom. The van der Waals surface area contributed by atoms with E-state index in [1.807, 2.05) is 24.3 Å². The predicted molar refractivity (Wildman–Crippen MR) is 51.6 cm³/mol. The molecular weight excluding hydrogens is 178 g/mol. The lowest BCUT2D eigenvalue weighted by Crippen LogP contribution is -1.76. The molecule has 0 amide bonds. The van der Waals surface area contributed by atoms with Crippen LogP contribution in [0.15, 0.2) is 41.2 Å². The first-order valence-corrected chi connectivity index (χ1v) is 4.29. The van der Waals surface area contributed by atoms with Crippen molar-refractivity contribution in [2.45, 2.75) is 0 Å². The van der Waals surface area contributed by atoms with Crippen LogP contribution >= 0.6 is 0 Å². The molecule has 3 rings (SSSR count). The third kappa shape index (κ3) is 0.939. The van der Waals surface area contributed by atoms with Crippen molar-refractivity contribution in [2.24, 2.45) is 0 Å². The maximum atomic E-state index is 5.22. The van der Waals surface area contributed by atoms with Crippen LogP contribution in [-0.4, -0.2) is 15.1 Å². The lowest BCUT2D eigenvalue weighted by atomic mass is 10.2. The Labute approximate surface area is 79.6 Å². The summed E-state index contributed by atoms with van der Waals surface area (Å²) in [7, 11) is 0. The van der Waals surface area contributed by atoms with E-state index < -0.39 is 0 Å². The summed E-state index contributed by atoms with van der Waals surface area (Å²) in [6.45, 7) is 0. The van der Waals surface area contributed by atoms with Crippen LogP contribution in [-0.2, 0) is 0 Å². The van der Waals surface area contributed by atoms with Crippen molar-refractivity contribution in [2.75, 3.05) is 0 Å². The van der Waals surface area contributed by atoms with E-state index in [2.05, 4.69) is 15.1 Å². The van der Waals surface area contributed by atoms with Crippen LogP contribution < -0.4 is 0 Å². The summed E-state index contributed by atoms with van der Waals surface area (Å²) >= 11 is 0. The zero-order chi connectivity index (χ0) is 9.38. The molecule has 0 radical (unpaired) electrons. The van der Waals surface area contributed by atoms with E-state index in [0.717, 1.165) is 10.9 Å². The fourth-order valence-electron chi connectivity index (χ4n) is 1.45. The summed E-state index contributed by atoms with van der Waals surface area (Å²) in [5.74, 6) is 1.39. The van der Waals surface area contributed by atoms with Crippen molar-refractivity contribution in [3.8, 4) is 11.6 Å². The van der Waals surface area contributed by atoms with Gasteiger partial charge in [0.2, 0.25) is 5.76 Å². The van der Waals surface area contributed by atoms with Gasteiger partial charge in [-0.1, -0.05) is 17.3 Å². The molecule has 14 heavy (non-hydrogen) atoms. The molecule has 0 fully saturated rings. The number of imidazole rings is 1. The van der Waals surface area contributed by atoms with Gasteiger partial charge in [0.15, 0.2) is 5.82 Å². The maximum absolute atomic E-state index is 5.22. The summed E-state index contributed by atoms with van der Waals surface area (Å²) in [6.07, 6.45) is 3.44. The number of rotatable bonds is 1. The zero-order valence-corrected chi connectivity index (χ0v) is 7.27. The predicted octanol–water partition coefficient (Wildman–Crippen LogP) is 2.22. The fourth-order valence-corrected chi connectivity index (χ4v) is 1.45. The number of hydrogen-bond acceptors (Lipinski definition) is 3. The quantitative estimate of drug-likeness (QED) is 0.632. The van der Waals surface area contributed by atoms with Crippen LogP contribution in [0.1, 0.15) is 0 Å². The van der Waals surface area contributed by atoms with Gasteiger partial charge in [-0.2, -0.15) is 0 Å². The molecule has 68 valence electrons. The number of H-pyrrole nitrogens is 1. The minimum Gasteiger partial charge on any atom is -0.352 e. The number of fused-ring (bicyclic) bond motifs is 1. The van der Waals surface area contributed by atoms with Gasteiger partial charge in [-0.25, -0.2) is 4.98 Å². The van der Waals surface area contributed by atoms with Gasteiger partial charge in [0.1, 0.15) is 5.52 Å². The first-order valence-electron chi connectivity index (χ1n) is 4.29. The van der Waals surface area contributed by atoms with Crippen LogP contribution in [0.5, 0.6) is 0 Å². The van der Waals surface area contributed by atoms with Gasteiger partial charge in [-0.3, -0.25) is 0 Å². The zero-order valence-electron chi connectivity index (χ0n) is 7.27. The Bertz CT molecular complexity index is 554. The van der Waals surface area contributed by atoms with Gasteiger partial charge >= 0.3 is 0 Å². The minimum absolute atomic E-state index is 0.686. The Hall–Kier alpha value is -2.10. The molecule has 4 heteroatoms. The van der Waals surface area contributed by atoms with E-state index in [1.165, 1.54) is 0 Å². The van der Waals surface area contributed by atoms with Crippen LogP contribution in [0.2, 0.25) is 0 Å². The molecule has 0 saturated carbocycles. The number of nitrogens with zero attached hydrogens (tertiary/aromatic N) is 2. The number of hydrogen-bond donors (Lipinski definition) is 1. The molecule has 0 atom stereocenters. The Morgan fingerprint density at radius 1 is 1.21 bits per heavy atom. The molecule has 0 unspecified atom stereocenters. The first kappa shape index (κ1) is 7.32. The molecule has 0 aliphatic carbocycles. The van der Waals surface area contributed by atoms with Crippen molar-refractivity contribution in [3.05, 3.63) is 36.7 Å². The second-order valence-corrected chi connectivity index (χ2v) is 2.97. The number of benzene rings is 1. The number of aromatic amines is 1. The highest BCUT2D eigenvalue weighted by molar-refractivity contribution is 5.89. The third-order valence-electron chi connectivity index (χ3n) is 2.10. The molecule has 2 aromatic heterocycles. The van der Waals surface area contributed by atoms with Crippen molar-refractivity contribution in [1.29, 1.82) is 0 Å². The number of nitrogens with one attached hydrogen (secondary N) is 1. The summed E-state index contributed by atoms with van der Waals surface area (Å²) in [5, 5.41) is 4.91. The molecule has 4 nitrogen and oxygen atoms in total. The molecule has 2 heterocycles. The molecule has 0 bridgehead atoms. The lowest BCUT2D eigenvalue weighted by molar-refractivity contribution is 0.438. The van der Waals surface area contributed by atoms with Gasteiger partial charge < -0.3 is 9.51 Å². The molecule has 0 saturated heterocycles. The summed E-state index contributed by atoms with van der Waals surface area (Å²) < 4.78 is 5.22. The van der Waals surface area contributed by atoms with E-state index in [1.54, 1.807) is 12.4 Å². The minimum atomic E-state index is 0.686. The summed E-state index contributed by atoms with van der Waals surface area (Å²) in [6, 6.07) is 7.75. The van der Waals surface area contributed by atoms with E-state index >= 15 is 0 Å². The van der Waals surface area contributed by atoms with Crippen LogP contribution in [0.4, 0.5) is 0 Å². The fraction of sp³-hybridized carbons (Fsp3) is 0. The van der Waals surface area contributed by atoms with Gasteiger partial charge in [0.25, 0.3) is 0 Å². The molecule has 1 aromatic carbocycles. The summed E-state index contributed by atoms with van der Waals surface area (Å²) in [4.78, 5) is 7.11. The topological polar surface area (TPSA) is 54.7 Å². The molecule has 0 aliphatic heterocycles. The van der Waals surface area contributed by atoms with Gasteiger partial charge in [-0.05, 0) is 12.1 Å². The highest BCUT2D eigenvalue weighted by Gasteiger charge is 2.10. The van der Waals surface area contributed by atoms with E-state index in [4.69, 9.17) is 4.52 Å². The van der Waals surface area contributed by atoms with Crippen molar-refractivity contribution < 1.29 is 4.52 Å². The Morgan fingerprint density at radius 3 is 3.00 bits per heavy atom. The standard InChI is InChI=1S/C10H7N3O/c1-2-4-8-7(3-1)9(14-13-8)10-11-5-6-12-10/h1-6H,(H,11,12). The van der Waals surface area contributed by atoms with E-state index in [9.17, 15) is 0 Å². The van der Waals surface area contributed by atoms with Gasteiger partial charge in [-0.15, -0.1) is 0 Å². The molecule has 1 N–H and O–H groups in total. The Kier molecular flexibility index (Phi) is 1.41. The smallest absolute Gasteiger partial charge is 0.209 e. The SMILES string of the molecule is c1ccc2c(-c3ncc[nH]3)onc2c1. The molecule has 3 aromatic rings. The second kappa shape index (κ2) is 2.70. The largest absolute Gasteiger partial charge is 0.352 e. The van der Waals surface area contributed by atoms with Gasteiger partial charge in [0.05, 0.1) is 5.39 Å². The molecule has 0 spiro atoms. The van der Waals surface area contributed by atoms with Crippen molar-refractivity contribution in [3.63, 3.8) is 0 Å². The van der Waals surface area contributed by atoms with Crippen molar-refractivity contribution in [1.82, 2.24) is 15.1 Å². The molecular formula is C10H7N3O. The van der Waals surface area contributed by atoms with E-state index in [0.29, 0.717) is 11.6 Å². The lowest BCUT2D eigenvalue weighted by Gasteiger charge is -1.88. The Balaban J connectivity index is 2.33.